The van der Waals surface area contributed by atoms with E-state index in [9.17, 15) is 19.8 Å². The van der Waals surface area contributed by atoms with E-state index in [0.717, 1.165) is 38.5 Å². The third kappa shape index (κ3) is 61.4. The van der Waals surface area contributed by atoms with Crippen LogP contribution in [0.1, 0.15) is 380 Å². The van der Waals surface area contributed by atoms with Gasteiger partial charge < -0.3 is 20.3 Å². The van der Waals surface area contributed by atoms with Gasteiger partial charge in [0.2, 0.25) is 5.91 Å². The van der Waals surface area contributed by atoms with Crippen LogP contribution in [0.4, 0.5) is 0 Å². The van der Waals surface area contributed by atoms with Gasteiger partial charge in [-0.05, 0) is 57.8 Å². The topological polar surface area (TPSA) is 95.9 Å². The number of carbonyl (C=O) groups excluding carboxylic acids is 2. The molecule has 0 fully saturated rings. The Labute approximate surface area is 469 Å². The average molecular weight is 1060 g/mol. The number of aliphatic hydroxyl groups excluding tert-OH is 2. The van der Waals surface area contributed by atoms with E-state index in [2.05, 4.69) is 31.3 Å². The smallest absolute Gasteiger partial charge is 0.305 e. The van der Waals surface area contributed by atoms with E-state index in [-0.39, 0.29) is 18.5 Å². The summed E-state index contributed by atoms with van der Waals surface area (Å²) in [6.45, 7) is 4.92. The molecule has 3 N–H and O–H groups in total. The largest absolute Gasteiger partial charge is 0.466 e. The summed E-state index contributed by atoms with van der Waals surface area (Å²) in [5, 5.41) is 23.0. The minimum Gasteiger partial charge on any atom is -0.466 e. The molecule has 0 aliphatic carbocycles. The van der Waals surface area contributed by atoms with Gasteiger partial charge in [-0.3, -0.25) is 9.59 Å². The summed E-state index contributed by atoms with van der Waals surface area (Å²) in [7, 11) is 0. The highest BCUT2D eigenvalue weighted by Gasteiger charge is 2.18. The molecule has 0 radical (unpaired) electrons. The van der Waals surface area contributed by atoms with Crippen molar-refractivity contribution in [2.24, 2.45) is 0 Å². The van der Waals surface area contributed by atoms with Crippen molar-refractivity contribution in [1.82, 2.24) is 5.32 Å². The highest BCUT2D eigenvalue weighted by Crippen LogP contribution is 2.18. The van der Waals surface area contributed by atoms with E-state index >= 15 is 0 Å². The number of aliphatic hydroxyl groups is 2. The van der Waals surface area contributed by atoms with Crippen LogP contribution in [-0.4, -0.2) is 47.4 Å². The molecule has 0 saturated carbocycles. The zero-order chi connectivity index (χ0) is 54.3. The molecule has 1 amide bonds. The molecule has 0 bridgehead atoms. The summed E-state index contributed by atoms with van der Waals surface area (Å²) in [6, 6.07) is -0.625. The van der Waals surface area contributed by atoms with Gasteiger partial charge in [-0.1, -0.05) is 334 Å². The normalized spacial score (nSPS) is 12.6. The van der Waals surface area contributed by atoms with E-state index in [1.165, 1.54) is 315 Å². The number of esters is 1. The fraction of sp³-hybridized carbons (Fsp3) is 0.913. The Morgan fingerprint density at radius 1 is 0.360 bits per heavy atom. The molecule has 75 heavy (non-hydrogen) atoms. The maximum absolute atomic E-state index is 12.4. The first-order chi connectivity index (χ1) is 37.0. The van der Waals surface area contributed by atoms with Crippen LogP contribution in [0.3, 0.4) is 0 Å². The van der Waals surface area contributed by atoms with Gasteiger partial charge in [0, 0.05) is 12.8 Å². The van der Waals surface area contributed by atoms with E-state index in [4.69, 9.17) is 4.74 Å². The molecule has 0 spiro atoms. The number of ether oxygens (including phenoxy) is 1. The molecule has 6 heteroatoms. The Bertz CT molecular complexity index is 1170. The fourth-order valence-electron chi connectivity index (χ4n) is 10.7. The lowest BCUT2D eigenvalue weighted by Gasteiger charge is -2.20. The molecule has 0 aromatic heterocycles. The van der Waals surface area contributed by atoms with Gasteiger partial charge in [0.25, 0.3) is 0 Å². The van der Waals surface area contributed by atoms with Crippen LogP contribution in [0.25, 0.3) is 0 Å². The Morgan fingerprint density at radius 2 is 0.627 bits per heavy atom. The Morgan fingerprint density at radius 3 is 0.947 bits per heavy atom. The number of hydrogen-bond acceptors (Lipinski definition) is 5. The van der Waals surface area contributed by atoms with Gasteiger partial charge in [-0.15, -0.1) is 0 Å². The van der Waals surface area contributed by atoms with Gasteiger partial charge in [-0.25, -0.2) is 0 Å². The quantitative estimate of drug-likeness (QED) is 0.0320. The van der Waals surface area contributed by atoms with Crippen LogP contribution in [0.15, 0.2) is 24.3 Å². The van der Waals surface area contributed by atoms with Crippen LogP contribution >= 0.6 is 0 Å². The first kappa shape index (κ1) is 73.3. The summed E-state index contributed by atoms with van der Waals surface area (Å²) < 4.78 is 5.51. The predicted octanol–water partition coefficient (Wildman–Crippen LogP) is 21.8. The molecule has 6 nitrogen and oxygen atoms in total. The summed E-state index contributed by atoms with van der Waals surface area (Å²) >= 11 is 0. The molecule has 0 rings (SSSR count). The summed E-state index contributed by atoms with van der Waals surface area (Å²) in [5.41, 5.74) is 0. The van der Waals surface area contributed by atoms with Crippen molar-refractivity contribution in [1.29, 1.82) is 0 Å². The molecular formula is C69H133NO5. The van der Waals surface area contributed by atoms with Gasteiger partial charge in [0.05, 0.1) is 25.4 Å². The van der Waals surface area contributed by atoms with E-state index in [1.807, 2.05) is 6.08 Å². The second kappa shape index (κ2) is 64.9. The second-order valence-electron chi connectivity index (χ2n) is 23.5. The Hall–Kier alpha value is -1.66. The first-order valence-electron chi connectivity index (χ1n) is 34.1. The van der Waals surface area contributed by atoms with Crippen LogP contribution in [0.5, 0.6) is 0 Å². The van der Waals surface area contributed by atoms with Crippen molar-refractivity contribution < 1.29 is 24.5 Å². The Balaban J connectivity index is 3.34. The van der Waals surface area contributed by atoms with Crippen molar-refractivity contribution in [3.8, 4) is 0 Å². The lowest BCUT2D eigenvalue weighted by atomic mass is 10.0. The lowest BCUT2D eigenvalue weighted by molar-refractivity contribution is -0.143. The van der Waals surface area contributed by atoms with Crippen LogP contribution < -0.4 is 5.32 Å². The summed E-state index contributed by atoms with van der Waals surface area (Å²) in [6.07, 6.45) is 81.2. The molecular weight excluding hydrogens is 923 g/mol. The maximum atomic E-state index is 12.4. The molecule has 2 atom stereocenters. The molecule has 0 aliphatic rings. The number of allylic oxidation sites excluding steroid dienone is 3. The minimum absolute atomic E-state index is 0.0212. The monoisotopic (exact) mass is 1060 g/mol. The number of rotatable bonds is 64. The highest BCUT2D eigenvalue weighted by molar-refractivity contribution is 5.76. The second-order valence-corrected chi connectivity index (χ2v) is 23.5. The minimum atomic E-state index is -0.841. The van der Waals surface area contributed by atoms with Crippen molar-refractivity contribution in [2.75, 3.05) is 13.2 Å². The van der Waals surface area contributed by atoms with Crippen molar-refractivity contribution >= 4 is 11.9 Å². The van der Waals surface area contributed by atoms with E-state index < -0.39 is 12.1 Å². The van der Waals surface area contributed by atoms with Crippen molar-refractivity contribution in [2.45, 2.75) is 392 Å². The zero-order valence-corrected chi connectivity index (χ0v) is 50.8. The molecule has 0 saturated heterocycles. The third-order valence-electron chi connectivity index (χ3n) is 16.0. The molecule has 0 heterocycles. The van der Waals surface area contributed by atoms with Crippen molar-refractivity contribution in [3.05, 3.63) is 24.3 Å². The van der Waals surface area contributed by atoms with Gasteiger partial charge in [-0.2, -0.15) is 0 Å². The predicted molar refractivity (Wildman–Crippen MR) is 329 cm³/mol. The lowest BCUT2D eigenvalue weighted by Crippen LogP contribution is -2.45. The maximum Gasteiger partial charge on any atom is 0.305 e. The molecule has 2 unspecified atom stereocenters. The molecule has 0 aromatic carbocycles. The summed E-state index contributed by atoms with van der Waals surface area (Å²) in [4.78, 5) is 24.5. The zero-order valence-electron chi connectivity index (χ0n) is 50.8. The third-order valence-corrected chi connectivity index (χ3v) is 16.0. The van der Waals surface area contributed by atoms with Crippen molar-refractivity contribution in [3.63, 3.8) is 0 Å². The standard InChI is InChI=1S/C69H133NO5/c1-3-5-7-9-11-13-15-16-17-32-36-39-43-47-51-55-59-63-69(74)75-64-60-56-52-48-44-40-37-34-31-29-27-25-23-21-19-18-20-22-24-26-28-30-33-35-38-42-46-50-54-58-62-68(73)70-66(65-71)67(72)61-57-53-49-45-41-14-12-10-8-6-4-2/h19,21,57,61,66-67,71-72H,3-18,20,22-56,58-60,62-65H2,1-2H3,(H,70,73)/b21-19-,61-57+. The highest BCUT2D eigenvalue weighted by atomic mass is 16.5. The van der Waals surface area contributed by atoms with E-state index in [0.29, 0.717) is 19.4 Å². The number of carbonyl (C=O) groups is 2. The van der Waals surface area contributed by atoms with Gasteiger partial charge in [0.1, 0.15) is 0 Å². The fourth-order valence-corrected chi connectivity index (χ4v) is 10.7. The van der Waals surface area contributed by atoms with Crippen LogP contribution in [0.2, 0.25) is 0 Å². The van der Waals surface area contributed by atoms with Crippen LogP contribution in [0, 0.1) is 0 Å². The molecule has 444 valence electrons. The van der Waals surface area contributed by atoms with E-state index in [1.54, 1.807) is 6.08 Å². The number of amides is 1. The van der Waals surface area contributed by atoms with Gasteiger partial charge >= 0.3 is 5.97 Å². The summed E-state index contributed by atoms with van der Waals surface area (Å²) in [5.74, 6) is -0.0451. The molecule has 0 aromatic rings. The van der Waals surface area contributed by atoms with Gasteiger partial charge in [0.15, 0.2) is 0 Å². The first-order valence-corrected chi connectivity index (χ1v) is 34.1. The van der Waals surface area contributed by atoms with Crippen LogP contribution in [-0.2, 0) is 14.3 Å². The average Bonchev–Trinajstić information content (AvgIpc) is 3.41. The number of hydrogen-bond donors (Lipinski definition) is 3. The Kier molecular flexibility index (Phi) is 63.4. The number of nitrogens with one attached hydrogen (secondary N) is 1. The SMILES string of the molecule is CCCCCCCCCCC/C=C/C(O)C(CO)NC(=O)CCCCCCCCCCCCCCCC/C=C\CCCCCCCCCCCCCCOC(=O)CCCCCCCCCCCCCCCCCCC. The number of unbranched alkanes of at least 4 members (excludes halogenated alkanes) is 51. The molecule has 0 aliphatic heterocycles.